The minimum absolute atomic E-state index is 0.886. The van der Waals surface area contributed by atoms with Crippen LogP contribution >= 0.6 is 0 Å². The monoisotopic (exact) mass is 525 g/mol. The number of allylic oxidation sites excluding steroid dienone is 4. The van der Waals surface area contributed by atoms with Crippen molar-refractivity contribution in [3.8, 4) is 0 Å². The van der Waals surface area contributed by atoms with Gasteiger partial charge in [-0.2, -0.15) is 0 Å². The van der Waals surface area contributed by atoms with E-state index >= 15 is 0 Å². The van der Waals surface area contributed by atoms with Gasteiger partial charge in [0.2, 0.25) is 0 Å². The molecule has 1 fully saturated rings. The van der Waals surface area contributed by atoms with Crippen LogP contribution in [-0.4, -0.2) is 0 Å². The van der Waals surface area contributed by atoms with Crippen LogP contribution in [0, 0.1) is 5.92 Å². The summed E-state index contributed by atoms with van der Waals surface area (Å²) in [6, 6.07) is 34.5. The second kappa shape index (κ2) is 10.7. The van der Waals surface area contributed by atoms with Crippen molar-refractivity contribution in [2.75, 3.05) is 0 Å². The molecule has 0 unspecified atom stereocenters. The average molecular weight is 527 g/mol. The Hall–Kier alpha value is -1.98. The van der Waals surface area contributed by atoms with E-state index in [0.29, 0.717) is 0 Å². The molecule has 0 bridgehead atoms. The molecule has 0 spiro atoms. The molecule has 34 heavy (non-hydrogen) atoms. The van der Waals surface area contributed by atoms with Crippen LogP contribution in [0.25, 0.3) is 0 Å². The molecule has 1 heteroatoms. The Morgan fingerprint density at radius 1 is 0.588 bits per heavy atom. The molecule has 3 aromatic rings. The molecule has 0 N–H and O–H groups in total. The molecule has 0 nitrogen and oxygen atoms in total. The summed E-state index contributed by atoms with van der Waals surface area (Å²) in [6.45, 7) is 0. The quantitative estimate of drug-likeness (QED) is 0.261. The Bertz CT molecular complexity index is 1000. The van der Waals surface area contributed by atoms with Gasteiger partial charge in [0.15, 0.2) is 0 Å². The van der Waals surface area contributed by atoms with E-state index in [2.05, 4.69) is 109 Å². The number of hydrogen-bond donors (Lipinski definition) is 0. The van der Waals surface area contributed by atoms with Gasteiger partial charge >= 0.3 is 209 Å². The molecule has 0 aromatic heterocycles. The number of benzene rings is 3. The standard InChI is InChI=1S/C7H13.3C7H7.C5H5.Zr/c4*1-7-5-3-2-4-6-7;1-2-4-5-3-1;/h7H,1-6H2;3*2-6H,1H2;1-3H,4H2;. The van der Waals surface area contributed by atoms with Gasteiger partial charge < -0.3 is 0 Å². The molecule has 0 aliphatic heterocycles. The molecule has 0 radical (unpaired) electrons. The normalized spacial score (nSPS) is 17.8. The van der Waals surface area contributed by atoms with Crippen molar-refractivity contribution in [2.45, 2.75) is 55.0 Å². The summed E-state index contributed by atoms with van der Waals surface area (Å²) in [5.41, 5.74) is 4.68. The molecular formula is C33H39Zr. The van der Waals surface area contributed by atoms with Crippen molar-refractivity contribution in [1.29, 1.82) is 0 Å². The topological polar surface area (TPSA) is 0 Å². The van der Waals surface area contributed by atoms with E-state index in [9.17, 15) is 0 Å². The van der Waals surface area contributed by atoms with Gasteiger partial charge in [0, 0.05) is 0 Å². The Morgan fingerprint density at radius 2 is 1.06 bits per heavy atom. The van der Waals surface area contributed by atoms with Crippen LogP contribution < -0.4 is 0 Å². The van der Waals surface area contributed by atoms with E-state index in [1.165, 1.54) is 55.0 Å². The second-order valence-electron chi connectivity index (χ2n) is 11.2. The van der Waals surface area contributed by atoms with Crippen molar-refractivity contribution in [3.63, 3.8) is 0 Å². The molecule has 5 rings (SSSR count). The summed E-state index contributed by atoms with van der Waals surface area (Å²) in [5.74, 6) is 0.886. The molecular weight excluding hydrogens is 488 g/mol. The van der Waals surface area contributed by atoms with Crippen LogP contribution in [0.5, 0.6) is 0 Å². The van der Waals surface area contributed by atoms with Crippen molar-refractivity contribution in [2.24, 2.45) is 5.92 Å². The first-order valence-electron chi connectivity index (χ1n) is 13.4. The van der Waals surface area contributed by atoms with E-state index < -0.39 is 18.8 Å². The zero-order valence-electron chi connectivity index (χ0n) is 20.5. The molecule has 0 atom stereocenters. The predicted molar refractivity (Wildman–Crippen MR) is 144 cm³/mol. The van der Waals surface area contributed by atoms with Crippen LogP contribution in [0.15, 0.2) is 113 Å². The Balaban J connectivity index is 1.71. The van der Waals surface area contributed by atoms with Crippen LogP contribution in [0.2, 0.25) is 4.13 Å². The van der Waals surface area contributed by atoms with Gasteiger partial charge in [-0.25, -0.2) is 0 Å². The fourth-order valence-electron chi connectivity index (χ4n) is 7.39. The summed E-state index contributed by atoms with van der Waals surface area (Å²) >= 11 is -3.70. The van der Waals surface area contributed by atoms with E-state index in [1.54, 1.807) is 16.7 Å². The summed E-state index contributed by atoms with van der Waals surface area (Å²) in [7, 11) is 0. The Labute approximate surface area is 208 Å². The molecule has 3 aromatic carbocycles. The van der Waals surface area contributed by atoms with Crippen molar-refractivity contribution >= 4 is 0 Å². The maximum atomic E-state index is 2.57. The minimum atomic E-state index is -3.70. The first-order valence-corrected chi connectivity index (χ1v) is 21.6. The van der Waals surface area contributed by atoms with Crippen LogP contribution in [0.4, 0.5) is 0 Å². The zero-order chi connectivity index (χ0) is 23.1. The Kier molecular flexibility index (Phi) is 7.50. The van der Waals surface area contributed by atoms with Gasteiger partial charge in [0.25, 0.3) is 0 Å². The van der Waals surface area contributed by atoms with Crippen molar-refractivity contribution in [3.05, 3.63) is 129 Å². The third-order valence-corrected chi connectivity index (χ3v) is 28.0. The van der Waals surface area contributed by atoms with Crippen LogP contribution in [0.3, 0.4) is 0 Å². The molecule has 1 saturated carbocycles. The predicted octanol–water partition coefficient (Wildman–Crippen LogP) is 9.12. The molecule has 0 amide bonds. The Morgan fingerprint density at radius 3 is 1.47 bits per heavy atom. The van der Waals surface area contributed by atoms with E-state index in [-0.39, 0.29) is 0 Å². The van der Waals surface area contributed by atoms with Crippen LogP contribution in [0.1, 0.15) is 55.2 Å². The third-order valence-electron chi connectivity index (χ3n) is 8.76. The molecule has 0 heterocycles. The molecule has 2 aliphatic rings. The van der Waals surface area contributed by atoms with Crippen molar-refractivity contribution < 1.29 is 18.8 Å². The zero-order valence-corrected chi connectivity index (χ0v) is 23.0. The van der Waals surface area contributed by atoms with Gasteiger partial charge in [0.05, 0.1) is 0 Å². The molecule has 175 valence electrons. The summed E-state index contributed by atoms with van der Waals surface area (Å²) < 4.78 is 7.23. The first kappa shape index (κ1) is 23.8. The number of hydrogen-bond acceptors (Lipinski definition) is 0. The van der Waals surface area contributed by atoms with Gasteiger partial charge in [0.1, 0.15) is 0 Å². The molecule has 2 aliphatic carbocycles. The second-order valence-corrected chi connectivity index (χ2v) is 27.3. The average Bonchev–Trinajstić information content (AvgIpc) is 3.43. The summed E-state index contributed by atoms with van der Waals surface area (Å²) in [5, 5.41) is 0. The third kappa shape index (κ3) is 5.31. The SMILES string of the molecule is C1=CC[C]([Zr]([CH2]c2ccccc2)([CH2]c2ccccc2)([CH2]c2ccccc2)[CH2]C2CCCCC2)=C1. The van der Waals surface area contributed by atoms with Crippen molar-refractivity contribution in [1.82, 2.24) is 0 Å². The fraction of sp³-hybridized carbons (Fsp3) is 0.333. The first-order chi connectivity index (χ1) is 16.7. The van der Waals surface area contributed by atoms with E-state index in [1.807, 2.05) is 3.28 Å². The van der Waals surface area contributed by atoms with E-state index in [0.717, 1.165) is 5.92 Å². The van der Waals surface area contributed by atoms with Crippen LogP contribution in [-0.2, 0) is 31.2 Å². The maximum absolute atomic E-state index is 3.70. The van der Waals surface area contributed by atoms with E-state index in [4.69, 9.17) is 0 Å². The summed E-state index contributed by atoms with van der Waals surface area (Å²) in [4.78, 5) is 0. The molecule has 0 saturated heterocycles. The van der Waals surface area contributed by atoms with Gasteiger partial charge in [-0.05, 0) is 0 Å². The number of rotatable bonds is 9. The van der Waals surface area contributed by atoms with Gasteiger partial charge in [-0.15, -0.1) is 0 Å². The fourth-order valence-corrected chi connectivity index (χ4v) is 29.2. The van der Waals surface area contributed by atoms with Gasteiger partial charge in [-0.3, -0.25) is 0 Å². The van der Waals surface area contributed by atoms with Gasteiger partial charge in [-0.1, -0.05) is 0 Å². The summed E-state index contributed by atoms with van der Waals surface area (Å²) in [6.07, 6.45) is 15.7.